The number of carboxylic acid groups (broad SMARTS) is 1. The van der Waals surface area contributed by atoms with E-state index in [2.05, 4.69) is 49.1 Å². The van der Waals surface area contributed by atoms with Crippen molar-refractivity contribution < 1.29 is 27.8 Å². The van der Waals surface area contributed by atoms with Crippen LogP contribution in [0.15, 0.2) is 42.7 Å². The van der Waals surface area contributed by atoms with Crippen molar-refractivity contribution in [2.75, 3.05) is 36.9 Å². The van der Waals surface area contributed by atoms with E-state index < -0.39 is 12.1 Å². The Hall–Kier alpha value is -3.36. The first kappa shape index (κ1) is 29.6. The highest BCUT2D eigenvalue weighted by molar-refractivity contribution is 6.30. The Morgan fingerprint density at radius 2 is 1.95 bits per heavy atom. The largest absolute Gasteiger partial charge is 0.490 e. The number of alkyl halides is 3. The lowest BCUT2D eigenvalue weighted by atomic mass is 9.95. The molecular weight excluding hydrogens is 553 g/mol. The molecule has 0 saturated carbocycles. The Kier molecular flexibility index (Phi) is 9.53. The molecule has 3 atom stereocenters. The molecule has 5 rings (SSSR count). The first-order valence-corrected chi connectivity index (χ1v) is 13.2. The predicted octanol–water partition coefficient (Wildman–Crippen LogP) is 3.41. The van der Waals surface area contributed by atoms with Crippen LogP contribution >= 0.6 is 11.6 Å². The van der Waals surface area contributed by atoms with Gasteiger partial charge in [0.25, 0.3) is 0 Å². The van der Waals surface area contributed by atoms with Gasteiger partial charge in [-0.2, -0.15) is 23.3 Å². The van der Waals surface area contributed by atoms with Gasteiger partial charge in [-0.15, -0.1) is 5.10 Å². The molecular formula is C25H32ClF3N8O3. The Balaban J connectivity index is 0.000000470. The SMILES string of the molecule is CC([C@H]1CN(C2CCN(c3n[nH]c(N)n3)CC2)[C@@H](Cc2ccc(Cl)cc2)CO1)n1cccn1.O=C(O)C(F)(F)F. The molecule has 40 heavy (non-hydrogen) atoms. The number of hydrogen-bond acceptors (Lipinski definition) is 8. The van der Waals surface area contributed by atoms with Crippen LogP contribution in [0.3, 0.4) is 0 Å². The molecule has 2 aliphatic heterocycles. The summed E-state index contributed by atoms with van der Waals surface area (Å²) in [6, 6.07) is 11.1. The summed E-state index contributed by atoms with van der Waals surface area (Å²) in [4.78, 5) is 18.1. The zero-order valence-electron chi connectivity index (χ0n) is 21.8. The quantitative estimate of drug-likeness (QED) is 0.398. The number of morpholine rings is 1. The first-order valence-electron chi connectivity index (χ1n) is 12.8. The van der Waals surface area contributed by atoms with Crippen LogP contribution < -0.4 is 10.6 Å². The van der Waals surface area contributed by atoms with Gasteiger partial charge in [0.15, 0.2) is 0 Å². The second-order valence-corrected chi connectivity index (χ2v) is 10.3. The smallest absolute Gasteiger partial charge is 0.475 e. The maximum absolute atomic E-state index is 10.6. The van der Waals surface area contributed by atoms with Crippen LogP contribution in [0.5, 0.6) is 0 Å². The van der Waals surface area contributed by atoms with Gasteiger partial charge in [0.05, 0.1) is 18.8 Å². The Bertz CT molecular complexity index is 1220. The number of benzene rings is 1. The zero-order valence-corrected chi connectivity index (χ0v) is 22.6. The number of nitrogens with zero attached hydrogens (tertiary/aromatic N) is 6. The molecule has 4 heterocycles. The maximum Gasteiger partial charge on any atom is 0.490 e. The van der Waals surface area contributed by atoms with Gasteiger partial charge in [-0.3, -0.25) is 9.58 Å². The van der Waals surface area contributed by atoms with Gasteiger partial charge < -0.3 is 20.5 Å². The summed E-state index contributed by atoms with van der Waals surface area (Å²) in [5.74, 6) is -1.71. The minimum atomic E-state index is -5.08. The Labute approximate surface area is 234 Å². The van der Waals surface area contributed by atoms with Crippen LogP contribution in [0.1, 0.15) is 31.4 Å². The fourth-order valence-electron chi connectivity index (χ4n) is 5.04. The topological polar surface area (TPSA) is 138 Å². The number of nitrogens with two attached hydrogens (primary N) is 1. The van der Waals surface area contributed by atoms with E-state index >= 15 is 0 Å². The summed E-state index contributed by atoms with van der Waals surface area (Å²) in [5, 5.41) is 19.3. The zero-order chi connectivity index (χ0) is 28.9. The molecule has 3 aromatic rings. The standard InChI is InChI=1S/C23H31ClN8O.C2HF3O2/c1-16(32-10-2-9-26-32)21-14-31(20(15-33-21)13-17-3-5-18(24)6-4-17)19-7-11-30(12-8-19)23-27-22(25)28-29-23;3-2(4,5)1(6)7/h2-6,9-10,16,19-21H,7-8,11-15H2,1H3,(H3,25,27,28,29);(H,6,7)/t16?,20-,21+;/m0./s1. The number of carboxylic acids is 1. The van der Waals surface area contributed by atoms with Crippen LogP contribution in [0.25, 0.3) is 0 Å². The van der Waals surface area contributed by atoms with Gasteiger partial charge in [0, 0.05) is 49.1 Å². The number of rotatable bonds is 6. The molecule has 0 aliphatic carbocycles. The van der Waals surface area contributed by atoms with Crippen LogP contribution in [0, 0.1) is 0 Å². The van der Waals surface area contributed by atoms with E-state index in [1.54, 1.807) is 0 Å². The van der Waals surface area contributed by atoms with E-state index in [0.29, 0.717) is 30.6 Å². The lowest BCUT2D eigenvalue weighted by Crippen LogP contribution is -2.58. The minimum Gasteiger partial charge on any atom is -0.475 e. The summed E-state index contributed by atoms with van der Waals surface area (Å²) in [6.07, 6.45) is 1.89. The lowest BCUT2D eigenvalue weighted by molar-refractivity contribution is -0.192. The van der Waals surface area contributed by atoms with Crippen molar-refractivity contribution in [1.29, 1.82) is 0 Å². The molecule has 1 unspecified atom stereocenters. The predicted molar refractivity (Wildman–Crippen MR) is 142 cm³/mol. The minimum absolute atomic E-state index is 0.0946. The fourth-order valence-corrected chi connectivity index (χ4v) is 5.17. The van der Waals surface area contributed by atoms with Gasteiger partial charge >= 0.3 is 12.1 Å². The molecule has 11 nitrogen and oxygen atoms in total. The van der Waals surface area contributed by atoms with E-state index in [-0.39, 0.29) is 12.1 Å². The molecule has 2 aliphatic rings. The summed E-state index contributed by atoms with van der Waals surface area (Å²) in [7, 11) is 0. The van der Waals surface area contributed by atoms with Crippen LogP contribution in [0.2, 0.25) is 5.02 Å². The van der Waals surface area contributed by atoms with E-state index in [4.69, 9.17) is 32.0 Å². The average Bonchev–Trinajstić information content (AvgIpc) is 3.62. The van der Waals surface area contributed by atoms with E-state index in [1.165, 1.54) is 5.56 Å². The highest BCUT2D eigenvalue weighted by Crippen LogP contribution is 2.29. The van der Waals surface area contributed by atoms with Gasteiger partial charge in [-0.1, -0.05) is 23.7 Å². The number of anilines is 2. The van der Waals surface area contributed by atoms with E-state index in [0.717, 1.165) is 43.9 Å². The molecule has 0 bridgehead atoms. The highest BCUT2D eigenvalue weighted by atomic mass is 35.5. The number of aliphatic carboxylic acids is 1. The number of hydrogen-bond donors (Lipinski definition) is 3. The van der Waals surface area contributed by atoms with Gasteiger partial charge in [-0.25, -0.2) is 9.89 Å². The molecule has 15 heteroatoms. The number of piperidine rings is 1. The third-order valence-corrected chi connectivity index (χ3v) is 7.43. The maximum atomic E-state index is 10.6. The number of nitrogen functional groups attached to an aromatic ring is 1. The molecule has 4 N–H and O–H groups in total. The third-order valence-electron chi connectivity index (χ3n) is 7.18. The molecule has 2 saturated heterocycles. The van der Waals surface area contributed by atoms with Crippen molar-refractivity contribution in [3.8, 4) is 0 Å². The summed E-state index contributed by atoms with van der Waals surface area (Å²) in [5.41, 5.74) is 7.00. The van der Waals surface area contributed by atoms with E-state index in [9.17, 15) is 13.2 Å². The van der Waals surface area contributed by atoms with Crippen molar-refractivity contribution in [1.82, 2.24) is 29.9 Å². The van der Waals surface area contributed by atoms with Gasteiger partial charge in [-0.05, 0) is 49.9 Å². The molecule has 2 fully saturated rings. The second-order valence-electron chi connectivity index (χ2n) is 9.82. The van der Waals surface area contributed by atoms with Crippen molar-refractivity contribution in [3.63, 3.8) is 0 Å². The number of carbonyl (C=O) groups is 1. The van der Waals surface area contributed by atoms with Crippen LogP contribution in [0.4, 0.5) is 25.1 Å². The lowest BCUT2D eigenvalue weighted by Gasteiger charge is -2.47. The monoisotopic (exact) mass is 584 g/mol. The molecule has 2 aromatic heterocycles. The van der Waals surface area contributed by atoms with Crippen molar-refractivity contribution in [2.45, 2.75) is 56.6 Å². The number of H-pyrrole nitrogens is 1. The normalized spacial score (nSPS) is 21.5. The fraction of sp³-hybridized carbons (Fsp3) is 0.520. The summed E-state index contributed by atoms with van der Waals surface area (Å²) >= 11 is 6.11. The average molecular weight is 585 g/mol. The van der Waals surface area contributed by atoms with Gasteiger partial charge in [0.1, 0.15) is 0 Å². The number of aromatic nitrogens is 5. The number of nitrogens with one attached hydrogen (secondary N) is 1. The molecule has 0 amide bonds. The first-order chi connectivity index (χ1) is 19.0. The van der Waals surface area contributed by atoms with Crippen LogP contribution in [-0.4, -0.2) is 91.5 Å². The Morgan fingerprint density at radius 3 is 2.50 bits per heavy atom. The molecule has 218 valence electrons. The number of aromatic amines is 1. The molecule has 0 spiro atoms. The van der Waals surface area contributed by atoms with Gasteiger partial charge in [0.2, 0.25) is 11.9 Å². The third kappa shape index (κ3) is 7.64. The Morgan fingerprint density at radius 1 is 1.27 bits per heavy atom. The van der Waals surface area contributed by atoms with Crippen molar-refractivity contribution in [3.05, 3.63) is 53.3 Å². The summed E-state index contributed by atoms with van der Waals surface area (Å²) in [6.45, 7) is 5.60. The van der Waals surface area contributed by atoms with Crippen molar-refractivity contribution in [2.24, 2.45) is 0 Å². The van der Waals surface area contributed by atoms with E-state index in [1.807, 2.05) is 35.3 Å². The highest BCUT2D eigenvalue weighted by Gasteiger charge is 2.39. The van der Waals surface area contributed by atoms with Crippen molar-refractivity contribution >= 4 is 29.5 Å². The number of ether oxygens (including phenoxy) is 1. The molecule has 1 aromatic carbocycles. The van der Waals surface area contributed by atoms with Crippen LogP contribution in [-0.2, 0) is 16.0 Å². The molecule has 0 radical (unpaired) electrons. The second kappa shape index (κ2) is 12.9. The summed E-state index contributed by atoms with van der Waals surface area (Å²) < 4.78 is 40.1. The number of halogens is 4.